The molecule has 1 amide bonds. The second-order valence-corrected chi connectivity index (χ2v) is 8.94. The van der Waals surface area contributed by atoms with E-state index in [1.165, 1.54) is 4.90 Å². The van der Waals surface area contributed by atoms with Crippen LogP contribution < -0.4 is 5.32 Å². The van der Waals surface area contributed by atoms with Crippen LogP contribution in [0.4, 0.5) is 4.79 Å². The molecule has 4 aliphatic rings. The van der Waals surface area contributed by atoms with Gasteiger partial charge in [-0.05, 0) is 34.6 Å². The molecular weight excluding hydrogens is 436 g/mol. The number of carbonyl (C=O) groups is 3. The molecule has 2 fully saturated rings. The van der Waals surface area contributed by atoms with Gasteiger partial charge < -0.3 is 34.1 Å². The summed E-state index contributed by atoms with van der Waals surface area (Å²) >= 11 is 0. The quantitative estimate of drug-likeness (QED) is 0.467. The molecule has 0 aromatic rings. The summed E-state index contributed by atoms with van der Waals surface area (Å²) in [6.45, 7) is 11.8. The second kappa shape index (κ2) is 10.4. The predicted molar refractivity (Wildman–Crippen MR) is 116 cm³/mol. The maximum absolute atomic E-state index is 12.0. The van der Waals surface area contributed by atoms with E-state index in [9.17, 15) is 14.4 Å². The molecule has 0 saturated carbocycles. The molecule has 33 heavy (non-hydrogen) atoms. The van der Waals surface area contributed by atoms with Gasteiger partial charge in [-0.2, -0.15) is 0 Å². The zero-order chi connectivity index (χ0) is 24.2. The summed E-state index contributed by atoms with van der Waals surface area (Å²) < 4.78 is 15.1. The normalized spacial score (nSPS) is 27.1. The highest BCUT2D eigenvalue weighted by atomic mass is 16.7. The van der Waals surface area contributed by atoms with Gasteiger partial charge in [0.1, 0.15) is 11.7 Å². The third-order valence-electron chi connectivity index (χ3n) is 5.32. The molecule has 184 valence electrons. The van der Waals surface area contributed by atoms with Crippen LogP contribution >= 0.6 is 0 Å². The number of nitrogens with zero attached hydrogens (tertiary/aromatic N) is 3. The summed E-state index contributed by atoms with van der Waals surface area (Å²) in [5, 5.41) is 10.6. The molecule has 4 rings (SSSR count). The number of fused-ring (bicyclic) bond motifs is 2. The highest BCUT2D eigenvalue weighted by Crippen LogP contribution is 2.29. The Morgan fingerprint density at radius 2 is 1.52 bits per heavy atom. The molecule has 0 aromatic carbocycles. The molecule has 1 N–H and O–H groups in total. The van der Waals surface area contributed by atoms with Crippen molar-refractivity contribution in [1.82, 2.24) is 10.2 Å². The van der Waals surface area contributed by atoms with Crippen LogP contribution in [-0.2, 0) is 33.5 Å². The largest absolute Gasteiger partial charge is 0.461 e. The van der Waals surface area contributed by atoms with Crippen LogP contribution in [0.1, 0.15) is 34.6 Å². The number of nitrogens with one attached hydrogen (secondary N) is 1. The van der Waals surface area contributed by atoms with Gasteiger partial charge >= 0.3 is 18.0 Å². The summed E-state index contributed by atoms with van der Waals surface area (Å²) in [6, 6.07) is 0. The van der Waals surface area contributed by atoms with Crippen LogP contribution in [-0.4, -0.2) is 91.6 Å². The molecule has 0 bridgehead atoms. The number of oxime groups is 2. The standard InChI is InChI=1S/C13H20N2O5.C8H12N2O3/c1-5-18-11(16)10-8-6-15(7-9(8)20-14-10)12(17)19-13(2,3)4;1-2-12-8(11)7-5-3-9-4-6(5)13-10-7/h8-9H,5-7H2,1-4H3;5-6,9H,2-4H2,1H3. The van der Waals surface area contributed by atoms with E-state index in [0.717, 1.165) is 13.1 Å². The van der Waals surface area contributed by atoms with Crippen molar-refractivity contribution in [2.75, 3.05) is 39.4 Å². The van der Waals surface area contributed by atoms with E-state index in [1.54, 1.807) is 13.8 Å². The SMILES string of the molecule is CCOC(=O)C1=NOC2CN(C(=O)OC(C)(C)C)CC12.CCOC(=O)C1=NOC2CNCC12. The van der Waals surface area contributed by atoms with Gasteiger partial charge in [-0.3, -0.25) is 0 Å². The van der Waals surface area contributed by atoms with Crippen molar-refractivity contribution in [2.45, 2.75) is 52.4 Å². The van der Waals surface area contributed by atoms with Gasteiger partial charge in [0.2, 0.25) is 0 Å². The Balaban J connectivity index is 0.000000203. The first-order valence-corrected chi connectivity index (χ1v) is 11.1. The minimum absolute atomic E-state index is 0.0272. The van der Waals surface area contributed by atoms with Crippen molar-refractivity contribution < 1.29 is 38.3 Å². The van der Waals surface area contributed by atoms with Crippen LogP contribution in [0.15, 0.2) is 10.3 Å². The average Bonchev–Trinajstić information content (AvgIpc) is 3.47. The number of amides is 1. The van der Waals surface area contributed by atoms with E-state index >= 15 is 0 Å². The van der Waals surface area contributed by atoms with Crippen LogP contribution in [0.3, 0.4) is 0 Å². The molecule has 2 saturated heterocycles. The Morgan fingerprint density at radius 3 is 2.09 bits per heavy atom. The zero-order valence-electron chi connectivity index (χ0n) is 19.7. The minimum atomic E-state index is -0.548. The molecule has 0 radical (unpaired) electrons. The lowest BCUT2D eigenvalue weighted by Crippen LogP contribution is -2.36. The van der Waals surface area contributed by atoms with E-state index in [-0.39, 0.29) is 42.3 Å². The van der Waals surface area contributed by atoms with Crippen LogP contribution in [0.25, 0.3) is 0 Å². The summed E-state index contributed by atoms with van der Waals surface area (Å²) in [6.07, 6.45) is -0.667. The first kappa shape index (κ1) is 24.7. The molecule has 0 aromatic heterocycles. The maximum Gasteiger partial charge on any atom is 0.410 e. The lowest BCUT2D eigenvalue weighted by atomic mass is 10.0. The molecule has 12 nitrogen and oxygen atoms in total. The monoisotopic (exact) mass is 468 g/mol. The van der Waals surface area contributed by atoms with Gasteiger partial charge in [-0.1, -0.05) is 10.3 Å². The van der Waals surface area contributed by atoms with E-state index in [0.29, 0.717) is 25.4 Å². The Morgan fingerprint density at radius 1 is 0.939 bits per heavy atom. The van der Waals surface area contributed by atoms with Crippen LogP contribution in [0, 0.1) is 11.8 Å². The number of hydrogen-bond donors (Lipinski definition) is 1. The predicted octanol–water partition coefficient (Wildman–Crippen LogP) is 0.695. The van der Waals surface area contributed by atoms with Crippen molar-refractivity contribution in [3.63, 3.8) is 0 Å². The number of ether oxygens (including phenoxy) is 3. The second-order valence-electron chi connectivity index (χ2n) is 8.94. The molecule has 0 spiro atoms. The fraction of sp³-hybridized carbons (Fsp3) is 0.762. The van der Waals surface area contributed by atoms with Crippen molar-refractivity contribution in [1.29, 1.82) is 0 Å². The Kier molecular flexibility index (Phi) is 7.77. The smallest absolute Gasteiger partial charge is 0.410 e. The molecular formula is C21H32N4O8. The Hall–Kier alpha value is -2.89. The minimum Gasteiger partial charge on any atom is -0.461 e. The molecule has 4 unspecified atom stereocenters. The van der Waals surface area contributed by atoms with Crippen molar-refractivity contribution in [3.8, 4) is 0 Å². The molecule has 4 heterocycles. The third-order valence-corrected chi connectivity index (χ3v) is 5.32. The van der Waals surface area contributed by atoms with E-state index in [4.69, 9.17) is 23.9 Å². The fourth-order valence-electron chi connectivity index (χ4n) is 3.83. The number of rotatable bonds is 4. The first-order valence-electron chi connectivity index (χ1n) is 11.1. The molecule has 12 heteroatoms. The zero-order valence-corrected chi connectivity index (χ0v) is 19.7. The number of hydrogen-bond acceptors (Lipinski definition) is 11. The average molecular weight is 469 g/mol. The van der Waals surface area contributed by atoms with Crippen molar-refractivity contribution in [2.24, 2.45) is 22.1 Å². The van der Waals surface area contributed by atoms with Gasteiger partial charge in [0.05, 0.1) is 31.6 Å². The summed E-state index contributed by atoms with van der Waals surface area (Å²) in [4.78, 5) is 46.9. The fourth-order valence-corrected chi connectivity index (χ4v) is 3.83. The summed E-state index contributed by atoms with van der Waals surface area (Å²) in [7, 11) is 0. The summed E-state index contributed by atoms with van der Waals surface area (Å²) in [5.41, 5.74) is 0.132. The van der Waals surface area contributed by atoms with Crippen LogP contribution in [0.2, 0.25) is 0 Å². The van der Waals surface area contributed by atoms with E-state index in [2.05, 4.69) is 15.6 Å². The molecule has 4 atom stereocenters. The lowest BCUT2D eigenvalue weighted by Gasteiger charge is -2.24. The van der Waals surface area contributed by atoms with Crippen molar-refractivity contribution >= 4 is 29.5 Å². The highest BCUT2D eigenvalue weighted by molar-refractivity contribution is 6.38. The Bertz CT molecular complexity index is 822. The van der Waals surface area contributed by atoms with Gasteiger partial charge in [0, 0.05) is 19.6 Å². The first-order chi connectivity index (χ1) is 15.6. The van der Waals surface area contributed by atoms with Crippen LogP contribution in [0.5, 0.6) is 0 Å². The Labute approximate surface area is 192 Å². The van der Waals surface area contributed by atoms with Crippen molar-refractivity contribution in [3.05, 3.63) is 0 Å². The van der Waals surface area contributed by atoms with Gasteiger partial charge in [-0.25, -0.2) is 14.4 Å². The topological polar surface area (TPSA) is 137 Å². The molecule has 0 aliphatic carbocycles. The van der Waals surface area contributed by atoms with Gasteiger partial charge in [-0.15, -0.1) is 0 Å². The lowest BCUT2D eigenvalue weighted by molar-refractivity contribution is -0.136. The number of esters is 2. The maximum atomic E-state index is 12.0. The van der Waals surface area contributed by atoms with Gasteiger partial charge in [0.15, 0.2) is 17.5 Å². The third kappa shape index (κ3) is 5.92. The highest BCUT2D eigenvalue weighted by Gasteiger charge is 2.47. The van der Waals surface area contributed by atoms with Gasteiger partial charge in [0.25, 0.3) is 0 Å². The van der Waals surface area contributed by atoms with E-state index in [1.807, 2.05) is 20.8 Å². The number of likely N-dealkylation sites (tertiary alicyclic amines) is 1. The summed E-state index contributed by atoms with van der Waals surface area (Å²) in [5.74, 6) is -0.981. The molecule has 4 aliphatic heterocycles. The van der Waals surface area contributed by atoms with E-state index < -0.39 is 17.7 Å². The number of carbonyl (C=O) groups excluding carboxylic acids is 3.